The first-order chi connectivity index (χ1) is 11.1. The molecule has 2 rings (SSSR count). The zero-order chi connectivity index (χ0) is 16.8. The minimum Gasteiger partial charge on any atom is -0.390 e. The maximum Gasteiger partial charge on any atom is 0.257 e. The second-order valence-corrected chi connectivity index (χ2v) is 6.79. The third-order valence-corrected chi connectivity index (χ3v) is 5.04. The summed E-state index contributed by atoms with van der Waals surface area (Å²) in [7, 11) is 0. The maximum absolute atomic E-state index is 13.1. The van der Waals surface area contributed by atoms with E-state index in [1.54, 1.807) is 11.3 Å². The van der Waals surface area contributed by atoms with Gasteiger partial charge in [-0.25, -0.2) is 0 Å². The number of carbonyl (C=O) groups excluding carboxylic acids is 1. The zero-order valence-electron chi connectivity index (χ0n) is 14.3. The first-order valence-corrected chi connectivity index (χ1v) is 9.21. The summed E-state index contributed by atoms with van der Waals surface area (Å²) >= 11 is 1.55. The number of aryl methyl sites for hydroxylation is 1. The van der Waals surface area contributed by atoms with Crippen molar-refractivity contribution in [1.29, 1.82) is 0 Å². The Hall–Kier alpha value is -1.81. The Kier molecular flexibility index (Phi) is 6.22. The molecule has 2 N–H and O–H groups in total. The van der Waals surface area contributed by atoms with Crippen LogP contribution in [0.3, 0.4) is 0 Å². The molecule has 0 saturated heterocycles. The predicted molar refractivity (Wildman–Crippen MR) is 100 cm³/mol. The normalized spacial score (nSPS) is 10.7. The monoisotopic (exact) mass is 330 g/mol. The highest BCUT2D eigenvalue weighted by atomic mass is 32.1. The highest BCUT2D eigenvalue weighted by molar-refractivity contribution is 7.17. The number of hydrogen-bond acceptors (Lipinski definition) is 3. The van der Waals surface area contributed by atoms with E-state index in [-0.39, 0.29) is 5.91 Å². The molecule has 1 aromatic carbocycles. The molecule has 1 aromatic heterocycles. The molecule has 0 radical (unpaired) electrons. The second kappa shape index (κ2) is 8.16. The third kappa shape index (κ3) is 3.75. The molecule has 0 atom stereocenters. The maximum atomic E-state index is 13.1. The van der Waals surface area contributed by atoms with E-state index in [1.807, 2.05) is 23.1 Å². The van der Waals surface area contributed by atoms with Crippen LogP contribution in [0.1, 0.15) is 48.8 Å². The standard InChI is InChI=1S/C19H26N2OS/c1-4-12-21(13-5-2)19(22)17-16(14-10-8-7-9-11-14)15(6-3)23-18(17)20/h7-11H,4-6,12-13,20H2,1-3H3. The Morgan fingerprint density at radius 1 is 1.09 bits per heavy atom. The lowest BCUT2D eigenvalue weighted by Crippen LogP contribution is -2.33. The van der Waals surface area contributed by atoms with Crippen molar-refractivity contribution in [3.8, 4) is 11.1 Å². The molecule has 0 aliphatic carbocycles. The number of hydrogen-bond donors (Lipinski definition) is 1. The van der Waals surface area contributed by atoms with Crippen LogP contribution >= 0.6 is 11.3 Å². The molecule has 0 spiro atoms. The van der Waals surface area contributed by atoms with Gasteiger partial charge in [-0.3, -0.25) is 4.79 Å². The SMILES string of the molecule is CCCN(CCC)C(=O)c1c(N)sc(CC)c1-c1ccccc1. The van der Waals surface area contributed by atoms with Crippen molar-refractivity contribution < 1.29 is 4.79 Å². The van der Waals surface area contributed by atoms with Gasteiger partial charge in [-0.15, -0.1) is 11.3 Å². The van der Waals surface area contributed by atoms with E-state index in [4.69, 9.17) is 5.73 Å². The van der Waals surface area contributed by atoms with Gasteiger partial charge in [0, 0.05) is 23.5 Å². The Balaban J connectivity index is 2.53. The summed E-state index contributed by atoms with van der Waals surface area (Å²) in [5.74, 6) is 0.0704. The summed E-state index contributed by atoms with van der Waals surface area (Å²) in [4.78, 5) is 16.2. The summed E-state index contributed by atoms with van der Waals surface area (Å²) in [6.45, 7) is 7.86. The van der Waals surface area contributed by atoms with Gasteiger partial charge in [0.15, 0.2) is 0 Å². The average molecular weight is 330 g/mol. The van der Waals surface area contributed by atoms with Crippen molar-refractivity contribution in [2.45, 2.75) is 40.0 Å². The first-order valence-electron chi connectivity index (χ1n) is 8.39. The Morgan fingerprint density at radius 3 is 2.22 bits per heavy atom. The van der Waals surface area contributed by atoms with Crippen molar-refractivity contribution in [1.82, 2.24) is 4.90 Å². The fourth-order valence-electron chi connectivity index (χ4n) is 2.88. The van der Waals surface area contributed by atoms with Crippen molar-refractivity contribution in [2.24, 2.45) is 0 Å². The molecule has 23 heavy (non-hydrogen) atoms. The Labute approximate surface area is 143 Å². The van der Waals surface area contributed by atoms with E-state index >= 15 is 0 Å². The van der Waals surface area contributed by atoms with Gasteiger partial charge in [0.1, 0.15) is 0 Å². The summed E-state index contributed by atoms with van der Waals surface area (Å²) in [6.07, 6.45) is 2.79. The molecule has 0 bridgehead atoms. The lowest BCUT2D eigenvalue weighted by atomic mass is 9.99. The van der Waals surface area contributed by atoms with Gasteiger partial charge in [0.05, 0.1) is 10.6 Å². The van der Waals surface area contributed by atoms with E-state index < -0.39 is 0 Å². The van der Waals surface area contributed by atoms with Crippen LogP contribution in [0, 0.1) is 0 Å². The smallest absolute Gasteiger partial charge is 0.257 e. The van der Waals surface area contributed by atoms with E-state index in [1.165, 1.54) is 4.88 Å². The van der Waals surface area contributed by atoms with Crippen molar-refractivity contribution >= 4 is 22.2 Å². The molecule has 1 amide bonds. The predicted octanol–water partition coefficient (Wildman–Crippen LogP) is 4.82. The largest absolute Gasteiger partial charge is 0.390 e. The number of carbonyl (C=O) groups is 1. The van der Waals surface area contributed by atoms with Gasteiger partial charge in [-0.2, -0.15) is 0 Å². The van der Waals surface area contributed by atoms with Gasteiger partial charge in [-0.1, -0.05) is 51.1 Å². The molecule has 2 aromatic rings. The highest BCUT2D eigenvalue weighted by Gasteiger charge is 2.25. The fourth-order valence-corrected chi connectivity index (χ4v) is 3.90. The lowest BCUT2D eigenvalue weighted by molar-refractivity contribution is 0.0758. The van der Waals surface area contributed by atoms with Crippen LogP contribution in [0.25, 0.3) is 11.1 Å². The molecule has 0 fully saturated rings. The summed E-state index contributed by atoms with van der Waals surface area (Å²) in [6, 6.07) is 10.1. The number of nitrogens with two attached hydrogens (primary N) is 1. The molecule has 124 valence electrons. The molecular formula is C19H26N2OS. The van der Waals surface area contributed by atoms with Crippen molar-refractivity contribution in [3.05, 3.63) is 40.8 Å². The van der Waals surface area contributed by atoms with Crippen LogP contribution in [0.15, 0.2) is 30.3 Å². The van der Waals surface area contributed by atoms with Gasteiger partial charge < -0.3 is 10.6 Å². The molecule has 0 aliphatic rings. The Bertz CT molecular complexity index is 643. The molecule has 0 saturated carbocycles. The quantitative estimate of drug-likeness (QED) is 0.791. The number of nitrogens with zero attached hydrogens (tertiary/aromatic N) is 1. The molecular weight excluding hydrogens is 304 g/mol. The average Bonchev–Trinajstić information content (AvgIpc) is 2.91. The second-order valence-electron chi connectivity index (χ2n) is 5.65. The number of anilines is 1. The minimum absolute atomic E-state index is 0.0704. The molecule has 1 heterocycles. The molecule has 4 heteroatoms. The number of rotatable bonds is 7. The van der Waals surface area contributed by atoms with E-state index in [0.717, 1.165) is 43.5 Å². The molecule has 0 unspecified atom stereocenters. The minimum atomic E-state index is 0.0704. The van der Waals surface area contributed by atoms with E-state index in [2.05, 4.69) is 32.9 Å². The number of amides is 1. The zero-order valence-corrected chi connectivity index (χ0v) is 15.1. The number of benzene rings is 1. The van der Waals surface area contributed by atoms with Crippen LogP contribution in [0.5, 0.6) is 0 Å². The van der Waals surface area contributed by atoms with Gasteiger partial charge in [0.25, 0.3) is 5.91 Å². The number of thiophene rings is 1. The fraction of sp³-hybridized carbons (Fsp3) is 0.421. The van der Waals surface area contributed by atoms with Gasteiger partial charge in [-0.05, 0) is 24.8 Å². The molecule has 3 nitrogen and oxygen atoms in total. The van der Waals surface area contributed by atoms with Gasteiger partial charge >= 0.3 is 0 Å². The van der Waals surface area contributed by atoms with E-state index in [9.17, 15) is 4.79 Å². The summed E-state index contributed by atoms with van der Waals surface area (Å²) in [5.41, 5.74) is 9.05. The van der Waals surface area contributed by atoms with Crippen LogP contribution in [-0.4, -0.2) is 23.9 Å². The first kappa shape index (κ1) is 17.5. The van der Waals surface area contributed by atoms with Crippen LogP contribution < -0.4 is 5.73 Å². The van der Waals surface area contributed by atoms with Crippen molar-refractivity contribution in [2.75, 3.05) is 18.8 Å². The number of nitrogen functional groups attached to an aromatic ring is 1. The highest BCUT2D eigenvalue weighted by Crippen LogP contribution is 2.39. The van der Waals surface area contributed by atoms with Crippen LogP contribution in [0.2, 0.25) is 0 Å². The molecule has 0 aliphatic heterocycles. The topological polar surface area (TPSA) is 46.3 Å². The lowest BCUT2D eigenvalue weighted by Gasteiger charge is -2.22. The summed E-state index contributed by atoms with van der Waals surface area (Å²) in [5, 5.41) is 0.642. The van der Waals surface area contributed by atoms with Gasteiger partial charge in [0.2, 0.25) is 0 Å². The third-order valence-electron chi connectivity index (χ3n) is 3.88. The van der Waals surface area contributed by atoms with Crippen molar-refractivity contribution in [3.63, 3.8) is 0 Å². The summed E-state index contributed by atoms with van der Waals surface area (Å²) < 4.78 is 0. The van der Waals surface area contributed by atoms with E-state index in [0.29, 0.717) is 10.6 Å². The van der Waals surface area contributed by atoms with Crippen LogP contribution in [-0.2, 0) is 6.42 Å². The van der Waals surface area contributed by atoms with Crippen LogP contribution in [0.4, 0.5) is 5.00 Å². The Morgan fingerprint density at radius 2 is 1.70 bits per heavy atom.